The van der Waals surface area contributed by atoms with Gasteiger partial charge in [0.25, 0.3) is 0 Å². The smallest absolute Gasteiger partial charge is 0.245 e. The Morgan fingerprint density at radius 2 is 1.83 bits per heavy atom. The van der Waals surface area contributed by atoms with E-state index < -0.39 is 29.1 Å². The molecule has 6 atom stereocenters. The summed E-state index contributed by atoms with van der Waals surface area (Å²) >= 11 is 0. The van der Waals surface area contributed by atoms with Gasteiger partial charge in [-0.05, 0) is 50.7 Å². The van der Waals surface area contributed by atoms with Gasteiger partial charge < -0.3 is 25.4 Å². The van der Waals surface area contributed by atoms with Gasteiger partial charge in [0.05, 0.1) is 17.4 Å². The molecule has 1 spiro atoms. The number of hydrogen-bond acceptors (Lipinski definition) is 5. The molecule has 8 nitrogen and oxygen atoms in total. The molecule has 3 aliphatic heterocycles. The first-order chi connectivity index (χ1) is 17.3. The van der Waals surface area contributed by atoms with Crippen molar-refractivity contribution in [3.05, 3.63) is 30.3 Å². The summed E-state index contributed by atoms with van der Waals surface area (Å²) in [5.74, 6) is -1.93. The van der Waals surface area contributed by atoms with Crippen LogP contribution in [0.5, 0.6) is 0 Å². The van der Waals surface area contributed by atoms with Gasteiger partial charge in [-0.15, -0.1) is 0 Å². The van der Waals surface area contributed by atoms with Crippen LogP contribution >= 0.6 is 0 Å². The van der Waals surface area contributed by atoms with Crippen LogP contribution < -0.4 is 10.6 Å². The molecule has 0 radical (unpaired) electrons. The summed E-state index contributed by atoms with van der Waals surface area (Å²) in [4.78, 5) is 43.0. The van der Waals surface area contributed by atoms with Crippen LogP contribution in [0.3, 0.4) is 0 Å². The van der Waals surface area contributed by atoms with Crippen molar-refractivity contribution in [1.82, 2.24) is 10.2 Å². The monoisotopic (exact) mass is 499 g/mol. The normalized spacial score (nSPS) is 32.6. The summed E-state index contributed by atoms with van der Waals surface area (Å²) in [7, 11) is 0. The van der Waals surface area contributed by atoms with Crippen molar-refractivity contribution >= 4 is 23.4 Å². The number of hydrogen-bond donors (Lipinski definition) is 3. The number of carbonyl (C=O) groups excluding carboxylic acids is 3. The topological polar surface area (TPSA) is 108 Å². The molecule has 3 N–H and O–H groups in total. The first-order valence-corrected chi connectivity index (χ1v) is 13.5. The van der Waals surface area contributed by atoms with Crippen molar-refractivity contribution in [3.8, 4) is 0 Å². The third-order valence-corrected chi connectivity index (χ3v) is 8.52. The largest absolute Gasteiger partial charge is 0.396 e. The van der Waals surface area contributed by atoms with E-state index in [1.165, 1.54) is 0 Å². The molecule has 1 aromatic rings. The van der Waals surface area contributed by atoms with E-state index in [0.717, 1.165) is 38.5 Å². The van der Waals surface area contributed by atoms with Gasteiger partial charge in [0.1, 0.15) is 11.6 Å². The summed E-state index contributed by atoms with van der Waals surface area (Å²) in [6.07, 6.45) is 5.58. The molecule has 4 rings (SSSR count). The molecule has 0 saturated carbocycles. The Kier molecular flexibility index (Phi) is 8.05. The molecule has 0 aromatic heterocycles. The number of nitrogens with zero attached hydrogens (tertiary/aromatic N) is 1. The highest BCUT2D eigenvalue weighted by Gasteiger charge is 2.79. The second kappa shape index (κ2) is 10.9. The number of likely N-dealkylation sites (tertiary alicyclic amines) is 1. The molecule has 1 aromatic carbocycles. The van der Waals surface area contributed by atoms with Crippen LogP contribution in [0.25, 0.3) is 0 Å². The predicted molar refractivity (Wildman–Crippen MR) is 137 cm³/mol. The predicted octanol–water partition coefficient (Wildman–Crippen LogP) is 3.10. The molecule has 3 unspecified atom stereocenters. The van der Waals surface area contributed by atoms with Crippen LogP contribution in [0.15, 0.2) is 30.3 Å². The van der Waals surface area contributed by atoms with Gasteiger partial charge in [0.15, 0.2) is 0 Å². The van der Waals surface area contributed by atoms with Gasteiger partial charge in [0.2, 0.25) is 17.7 Å². The lowest BCUT2D eigenvalue weighted by molar-refractivity contribution is -0.146. The molecule has 3 fully saturated rings. The lowest BCUT2D eigenvalue weighted by Gasteiger charge is -2.36. The van der Waals surface area contributed by atoms with Crippen LogP contribution in [-0.4, -0.2) is 64.7 Å². The van der Waals surface area contributed by atoms with Gasteiger partial charge in [-0.1, -0.05) is 51.3 Å². The van der Waals surface area contributed by atoms with Crippen LogP contribution in [0.4, 0.5) is 5.69 Å². The molecule has 8 heteroatoms. The highest BCUT2D eigenvalue weighted by molar-refractivity contribution is 6.02. The van der Waals surface area contributed by atoms with Crippen molar-refractivity contribution in [3.63, 3.8) is 0 Å². The fourth-order valence-electron chi connectivity index (χ4n) is 6.65. The number of nitrogens with one attached hydrogen (secondary N) is 2. The Balaban J connectivity index is 1.64. The number of benzene rings is 1. The Labute approximate surface area is 214 Å². The molecule has 2 bridgehead atoms. The summed E-state index contributed by atoms with van der Waals surface area (Å²) in [5, 5.41) is 15.1. The summed E-state index contributed by atoms with van der Waals surface area (Å²) in [6.45, 7) is 7.20. The van der Waals surface area contributed by atoms with Crippen LogP contribution in [-0.2, 0) is 19.1 Å². The average Bonchev–Trinajstić information content (AvgIpc) is 3.36. The van der Waals surface area contributed by atoms with Crippen LogP contribution in [0.1, 0.15) is 65.7 Å². The molecule has 36 heavy (non-hydrogen) atoms. The number of aliphatic hydroxyl groups is 1. The minimum Gasteiger partial charge on any atom is -0.396 e. The lowest BCUT2D eigenvalue weighted by Crippen LogP contribution is -2.55. The Morgan fingerprint density at radius 1 is 1.11 bits per heavy atom. The van der Waals surface area contributed by atoms with Gasteiger partial charge in [-0.25, -0.2) is 0 Å². The number of carbonyl (C=O) groups is 3. The number of anilines is 1. The highest BCUT2D eigenvalue weighted by atomic mass is 16.5. The number of para-hydroxylation sites is 1. The Morgan fingerprint density at radius 3 is 2.53 bits per heavy atom. The number of rotatable bonds is 12. The van der Waals surface area contributed by atoms with E-state index >= 15 is 0 Å². The first-order valence-electron chi connectivity index (χ1n) is 13.5. The number of unbranched alkanes of at least 4 members (excludes halogenated alkanes) is 4. The molecular formula is C28H41N3O5. The highest BCUT2D eigenvalue weighted by Crippen LogP contribution is 2.65. The quantitative estimate of drug-likeness (QED) is 0.383. The van der Waals surface area contributed by atoms with Crippen molar-refractivity contribution < 1.29 is 24.2 Å². The molecule has 0 aliphatic carbocycles. The maximum absolute atomic E-state index is 14.0. The van der Waals surface area contributed by atoms with Crippen LogP contribution in [0.2, 0.25) is 0 Å². The first kappa shape index (κ1) is 26.6. The fraction of sp³-hybridized carbons (Fsp3) is 0.679. The van der Waals surface area contributed by atoms with Crippen molar-refractivity contribution in [2.24, 2.45) is 17.8 Å². The van der Waals surface area contributed by atoms with Gasteiger partial charge in [-0.3, -0.25) is 14.4 Å². The molecular weight excluding hydrogens is 458 g/mol. The van der Waals surface area contributed by atoms with E-state index in [-0.39, 0.29) is 30.2 Å². The van der Waals surface area contributed by atoms with E-state index in [4.69, 9.17) is 9.84 Å². The molecule has 3 heterocycles. The lowest BCUT2D eigenvalue weighted by atomic mass is 9.62. The minimum atomic E-state index is -1.01. The second-order valence-corrected chi connectivity index (χ2v) is 10.9. The van der Waals surface area contributed by atoms with Gasteiger partial charge in [-0.2, -0.15) is 0 Å². The molecule has 3 saturated heterocycles. The van der Waals surface area contributed by atoms with E-state index in [0.29, 0.717) is 25.2 Å². The standard InChI is InChI=1S/C28H41N3O5/c1-4-5-15-29-25(34)23-28-18-19(2)27(3,36-28)21(24(33)30-20-13-9-8-10-14-20)22(28)26(35)31(23)16-11-6-7-12-17-32/h8-10,13-14,19,21-23,32H,4-7,11-12,15-18H2,1-3H3,(H,29,34)(H,30,33)/t19?,21-,22-,23?,27+,28?/m0/s1. The van der Waals surface area contributed by atoms with Gasteiger partial charge in [0, 0.05) is 25.4 Å². The summed E-state index contributed by atoms with van der Waals surface area (Å²) in [6, 6.07) is 8.50. The second-order valence-electron chi connectivity index (χ2n) is 10.9. The number of fused-ring (bicyclic) bond motifs is 1. The zero-order valence-electron chi connectivity index (χ0n) is 21.8. The van der Waals surface area contributed by atoms with Crippen LogP contribution in [0, 0.1) is 17.8 Å². The van der Waals surface area contributed by atoms with E-state index in [1.54, 1.807) is 4.90 Å². The molecule has 198 valence electrons. The number of amides is 3. The summed E-state index contributed by atoms with van der Waals surface area (Å²) in [5.41, 5.74) is -1.16. The van der Waals surface area contributed by atoms with Gasteiger partial charge >= 0.3 is 0 Å². The van der Waals surface area contributed by atoms with E-state index in [1.807, 2.05) is 37.3 Å². The SMILES string of the molecule is CCCCNC(=O)C1N(CCCCCCO)C(=O)[C@@H]2[C@@H](C(=O)Nc3ccccc3)[C@]3(C)OC12CC3C. The van der Waals surface area contributed by atoms with E-state index in [2.05, 4.69) is 24.5 Å². The zero-order chi connectivity index (χ0) is 25.9. The third kappa shape index (κ3) is 4.54. The average molecular weight is 500 g/mol. The maximum Gasteiger partial charge on any atom is 0.245 e. The van der Waals surface area contributed by atoms with Crippen molar-refractivity contribution in [2.75, 3.05) is 25.0 Å². The minimum absolute atomic E-state index is 0.0171. The zero-order valence-corrected chi connectivity index (χ0v) is 21.8. The number of ether oxygens (including phenoxy) is 1. The fourth-order valence-corrected chi connectivity index (χ4v) is 6.65. The Hall–Kier alpha value is -2.45. The van der Waals surface area contributed by atoms with Crippen molar-refractivity contribution in [2.45, 2.75) is 83.0 Å². The summed E-state index contributed by atoms with van der Waals surface area (Å²) < 4.78 is 6.72. The Bertz CT molecular complexity index is 956. The molecule has 3 amide bonds. The molecule has 3 aliphatic rings. The number of aliphatic hydroxyl groups excluding tert-OH is 1. The van der Waals surface area contributed by atoms with Crippen molar-refractivity contribution in [1.29, 1.82) is 0 Å². The third-order valence-electron chi connectivity index (χ3n) is 8.52. The van der Waals surface area contributed by atoms with E-state index in [9.17, 15) is 14.4 Å². The maximum atomic E-state index is 14.0.